The first-order valence-corrected chi connectivity index (χ1v) is 11.0. The third kappa shape index (κ3) is 5.82. The minimum absolute atomic E-state index is 0.295. The summed E-state index contributed by atoms with van der Waals surface area (Å²) in [5, 5.41) is 0. The van der Waals surface area contributed by atoms with Crippen LogP contribution in [0.4, 0.5) is 0 Å². The third-order valence-electron chi connectivity index (χ3n) is 7.05. The fraction of sp³-hybridized carbons (Fsp3) is 0.909. The summed E-state index contributed by atoms with van der Waals surface area (Å²) in [6, 6.07) is 0. The van der Waals surface area contributed by atoms with E-state index in [2.05, 4.69) is 4.90 Å². The van der Waals surface area contributed by atoms with Crippen LogP contribution >= 0.6 is 0 Å². The maximum absolute atomic E-state index is 12.5. The van der Waals surface area contributed by atoms with Crippen LogP contribution in [0.25, 0.3) is 0 Å². The zero-order chi connectivity index (χ0) is 17.5. The Kier molecular flexibility index (Phi) is 7.36. The number of hydrogen-bond donors (Lipinski definition) is 0. The van der Waals surface area contributed by atoms with Gasteiger partial charge in [0.15, 0.2) is 0 Å². The number of rotatable bonds is 7. The molecule has 0 spiro atoms. The van der Waals surface area contributed by atoms with Crippen LogP contribution in [0, 0.1) is 17.8 Å². The predicted molar refractivity (Wildman–Crippen MR) is 101 cm³/mol. The summed E-state index contributed by atoms with van der Waals surface area (Å²) in [5.41, 5.74) is 0. The van der Waals surface area contributed by atoms with E-state index in [0.29, 0.717) is 24.5 Å². The van der Waals surface area contributed by atoms with Crippen molar-refractivity contribution in [2.45, 2.75) is 96.3 Å². The summed E-state index contributed by atoms with van der Waals surface area (Å²) in [6.07, 6.45) is 17.1. The number of Topliss-reactive ketones (excluding diaryl/α,β-unsaturated/α-hetero) is 1. The smallest absolute Gasteiger partial charge is 0.222 e. The highest BCUT2D eigenvalue weighted by Gasteiger charge is 2.32. The van der Waals surface area contributed by atoms with Gasteiger partial charge in [-0.3, -0.25) is 9.59 Å². The molecule has 0 aromatic rings. The molecular formula is C22H37NO2. The summed E-state index contributed by atoms with van der Waals surface area (Å²) < 4.78 is 0. The zero-order valence-electron chi connectivity index (χ0n) is 16.0. The second kappa shape index (κ2) is 9.73. The van der Waals surface area contributed by atoms with Gasteiger partial charge < -0.3 is 4.90 Å². The molecule has 1 saturated heterocycles. The van der Waals surface area contributed by atoms with Crippen molar-refractivity contribution in [2.75, 3.05) is 13.1 Å². The predicted octanol–water partition coefficient (Wildman–Crippen LogP) is 5.13. The second-order valence-corrected chi connectivity index (χ2v) is 8.87. The number of fused-ring (bicyclic) bond motifs is 1. The third-order valence-corrected chi connectivity index (χ3v) is 7.05. The van der Waals surface area contributed by atoms with Crippen LogP contribution in [0.2, 0.25) is 0 Å². The Labute approximate surface area is 153 Å². The van der Waals surface area contributed by atoms with Gasteiger partial charge in [0, 0.05) is 32.4 Å². The van der Waals surface area contributed by atoms with Gasteiger partial charge in [0.05, 0.1) is 0 Å². The number of ketones is 1. The largest absolute Gasteiger partial charge is 0.342 e. The number of nitrogens with zero attached hydrogens (tertiary/aromatic N) is 1. The van der Waals surface area contributed by atoms with E-state index in [9.17, 15) is 9.59 Å². The summed E-state index contributed by atoms with van der Waals surface area (Å²) >= 11 is 0. The van der Waals surface area contributed by atoms with Crippen LogP contribution < -0.4 is 0 Å². The van der Waals surface area contributed by atoms with E-state index >= 15 is 0 Å². The van der Waals surface area contributed by atoms with E-state index in [1.807, 2.05) is 0 Å². The number of amides is 1. The highest BCUT2D eigenvalue weighted by atomic mass is 16.2. The van der Waals surface area contributed by atoms with Crippen molar-refractivity contribution in [2.24, 2.45) is 17.8 Å². The van der Waals surface area contributed by atoms with Crippen molar-refractivity contribution in [1.82, 2.24) is 4.90 Å². The average Bonchev–Trinajstić information content (AvgIpc) is 2.66. The van der Waals surface area contributed by atoms with Gasteiger partial charge in [-0.05, 0) is 43.4 Å². The van der Waals surface area contributed by atoms with Gasteiger partial charge in [-0.1, -0.05) is 51.4 Å². The lowest BCUT2D eigenvalue weighted by Gasteiger charge is -2.41. The Hall–Kier alpha value is -0.860. The van der Waals surface area contributed by atoms with E-state index < -0.39 is 0 Å². The van der Waals surface area contributed by atoms with Gasteiger partial charge in [-0.15, -0.1) is 0 Å². The fourth-order valence-electron chi connectivity index (χ4n) is 5.39. The molecule has 3 rings (SSSR count). The molecule has 1 heterocycles. The molecule has 1 amide bonds. The Bertz CT molecular complexity index is 441. The van der Waals surface area contributed by atoms with Gasteiger partial charge in [-0.25, -0.2) is 0 Å². The van der Waals surface area contributed by atoms with Crippen LogP contribution in [-0.4, -0.2) is 29.7 Å². The molecule has 0 aromatic carbocycles. The molecule has 3 heteroatoms. The molecule has 0 N–H and O–H groups in total. The maximum atomic E-state index is 12.5. The summed E-state index contributed by atoms with van der Waals surface area (Å²) in [4.78, 5) is 26.7. The molecule has 2 aliphatic carbocycles. The molecular weight excluding hydrogens is 310 g/mol. The SMILES string of the molecule is O=C(CCCC(=O)N1CCC2CCCCC2C1)CCC1CCCCC1. The lowest BCUT2D eigenvalue weighted by Crippen LogP contribution is -2.44. The summed E-state index contributed by atoms with van der Waals surface area (Å²) in [7, 11) is 0. The highest BCUT2D eigenvalue weighted by molar-refractivity contribution is 5.80. The number of carbonyl (C=O) groups is 2. The average molecular weight is 348 g/mol. The van der Waals surface area contributed by atoms with E-state index in [4.69, 9.17) is 0 Å². The van der Waals surface area contributed by atoms with E-state index in [1.165, 1.54) is 64.2 Å². The second-order valence-electron chi connectivity index (χ2n) is 8.87. The number of hydrogen-bond acceptors (Lipinski definition) is 2. The zero-order valence-corrected chi connectivity index (χ0v) is 16.0. The minimum atomic E-state index is 0.295. The molecule has 2 atom stereocenters. The lowest BCUT2D eigenvalue weighted by atomic mass is 9.75. The molecule has 0 aromatic heterocycles. The Morgan fingerprint density at radius 1 is 0.760 bits per heavy atom. The number of piperidine rings is 1. The normalized spacial score (nSPS) is 27.8. The van der Waals surface area contributed by atoms with Crippen molar-refractivity contribution in [1.29, 1.82) is 0 Å². The molecule has 2 saturated carbocycles. The maximum Gasteiger partial charge on any atom is 0.222 e. The fourth-order valence-corrected chi connectivity index (χ4v) is 5.39. The van der Waals surface area contributed by atoms with Gasteiger partial charge in [0.1, 0.15) is 5.78 Å². The van der Waals surface area contributed by atoms with Crippen LogP contribution in [0.5, 0.6) is 0 Å². The van der Waals surface area contributed by atoms with E-state index in [1.54, 1.807) is 0 Å². The van der Waals surface area contributed by atoms with Gasteiger partial charge in [0.25, 0.3) is 0 Å². The van der Waals surface area contributed by atoms with Crippen LogP contribution in [-0.2, 0) is 9.59 Å². The number of likely N-dealkylation sites (tertiary alicyclic amines) is 1. The topological polar surface area (TPSA) is 37.4 Å². The quantitative estimate of drug-likeness (QED) is 0.640. The molecule has 3 fully saturated rings. The first kappa shape index (κ1) is 18.9. The van der Waals surface area contributed by atoms with Crippen molar-refractivity contribution in [3.63, 3.8) is 0 Å². The Morgan fingerprint density at radius 2 is 1.48 bits per heavy atom. The highest BCUT2D eigenvalue weighted by Crippen LogP contribution is 2.36. The van der Waals surface area contributed by atoms with Crippen molar-refractivity contribution in [3.8, 4) is 0 Å². The van der Waals surface area contributed by atoms with E-state index in [0.717, 1.165) is 50.1 Å². The van der Waals surface area contributed by atoms with Crippen LogP contribution in [0.3, 0.4) is 0 Å². The standard InChI is InChI=1S/C22H37NO2/c24-21(14-13-18-7-2-1-3-8-18)11-6-12-22(25)23-16-15-19-9-4-5-10-20(19)17-23/h18-20H,1-17H2. The van der Waals surface area contributed by atoms with Crippen molar-refractivity contribution >= 4 is 11.7 Å². The summed E-state index contributed by atoms with van der Waals surface area (Å²) in [5.74, 6) is 3.09. The molecule has 3 aliphatic rings. The Morgan fingerprint density at radius 3 is 2.28 bits per heavy atom. The molecule has 25 heavy (non-hydrogen) atoms. The van der Waals surface area contributed by atoms with Crippen LogP contribution in [0.15, 0.2) is 0 Å². The molecule has 142 valence electrons. The van der Waals surface area contributed by atoms with E-state index in [-0.39, 0.29) is 0 Å². The Balaban J connectivity index is 1.29. The number of carbonyl (C=O) groups excluding carboxylic acids is 2. The molecule has 0 bridgehead atoms. The molecule has 3 nitrogen and oxygen atoms in total. The first-order chi connectivity index (χ1) is 12.2. The van der Waals surface area contributed by atoms with Crippen LogP contribution in [0.1, 0.15) is 96.3 Å². The monoisotopic (exact) mass is 347 g/mol. The molecule has 1 aliphatic heterocycles. The lowest BCUT2D eigenvalue weighted by molar-refractivity contribution is -0.134. The molecule has 0 radical (unpaired) electrons. The molecule has 2 unspecified atom stereocenters. The van der Waals surface area contributed by atoms with Gasteiger partial charge >= 0.3 is 0 Å². The first-order valence-electron chi connectivity index (χ1n) is 11.0. The summed E-state index contributed by atoms with van der Waals surface area (Å²) in [6.45, 7) is 1.94. The van der Waals surface area contributed by atoms with Gasteiger partial charge in [0.2, 0.25) is 5.91 Å². The minimum Gasteiger partial charge on any atom is -0.342 e. The van der Waals surface area contributed by atoms with Crippen molar-refractivity contribution < 1.29 is 9.59 Å². The van der Waals surface area contributed by atoms with Gasteiger partial charge in [-0.2, -0.15) is 0 Å². The van der Waals surface area contributed by atoms with Crippen molar-refractivity contribution in [3.05, 3.63) is 0 Å².